The SMILES string of the molecule is CCCCCCCCCc1cc(C(C)(C)C)sc1C(C)(C)C. The Morgan fingerprint density at radius 2 is 1.32 bits per heavy atom. The van der Waals surface area contributed by atoms with Gasteiger partial charge in [0, 0.05) is 9.75 Å². The molecule has 0 unspecified atom stereocenters. The Labute approximate surface area is 143 Å². The molecule has 1 heterocycles. The van der Waals surface area contributed by atoms with Crippen molar-refractivity contribution < 1.29 is 0 Å². The zero-order valence-electron chi connectivity index (χ0n) is 16.1. The summed E-state index contributed by atoms with van der Waals surface area (Å²) >= 11 is 2.05. The highest BCUT2D eigenvalue weighted by Crippen LogP contribution is 2.39. The third-order valence-electron chi connectivity index (χ3n) is 4.28. The van der Waals surface area contributed by atoms with Crippen molar-refractivity contribution in [3.8, 4) is 0 Å². The van der Waals surface area contributed by atoms with Crippen molar-refractivity contribution in [3.63, 3.8) is 0 Å². The Bertz CT molecular complexity index is 426. The predicted octanol–water partition coefficient (Wildman–Crippen LogP) is 7.64. The van der Waals surface area contributed by atoms with Crippen molar-refractivity contribution in [3.05, 3.63) is 21.4 Å². The van der Waals surface area contributed by atoms with Gasteiger partial charge in [-0.3, -0.25) is 0 Å². The maximum absolute atomic E-state index is 2.50. The van der Waals surface area contributed by atoms with Crippen molar-refractivity contribution in [1.29, 1.82) is 0 Å². The number of unbranched alkanes of at least 4 members (excludes halogenated alkanes) is 6. The fourth-order valence-corrected chi connectivity index (χ4v) is 4.22. The third kappa shape index (κ3) is 6.44. The van der Waals surface area contributed by atoms with E-state index in [4.69, 9.17) is 0 Å². The van der Waals surface area contributed by atoms with E-state index in [1.165, 1.54) is 51.4 Å². The molecule has 22 heavy (non-hydrogen) atoms. The van der Waals surface area contributed by atoms with Gasteiger partial charge in [0.05, 0.1) is 0 Å². The van der Waals surface area contributed by atoms with E-state index in [1.54, 1.807) is 15.3 Å². The van der Waals surface area contributed by atoms with Gasteiger partial charge >= 0.3 is 0 Å². The molecule has 0 bridgehead atoms. The summed E-state index contributed by atoms with van der Waals surface area (Å²) in [5.41, 5.74) is 2.18. The number of rotatable bonds is 8. The van der Waals surface area contributed by atoms with Gasteiger partial charge in [0.2, 0.25) is 0 Å². The molecule has 0 spiro atoms. The molecule has 0 aliphatic heterocycles. The van der Waals surface area contributed by atoms with E-state index in [2.05, 4.69) is 54.5 Å². The molecule has 0 aliphatic rings. The van der Waals surface area contributed by atoms with Crippen LogP contribution in [0.5, 0.6) is 0 Å². The van der Waals surface area contributed by atoms with Crippen LogP contribution in [0.3, 0.4) is 0 Å². The van der Waals surface area contributed by atoms with Gasteiger partial charge in [0.25, 0.3) is 0 Å². The van der Waals surface area contributed by atoms with Crippen LogP contribution < -0.4 is 0 Å². The first-order valence-corrected chi connectivity index (χ1v) is 10.1. The Morgan fingerprint density at radius 1 is 0.773 bits per heavy atom. The van der Waals surface area contributed by atoms with Crippen LogP contribution in [0.15, 0.2) is 6.07 Å². The first-order valence-electron chi connectivity index (χ1n) is 9.30. The predicted molar refractivity (Wildman–Crippen MR) is 103 cm³/mol. The molecule has 1 aromatic heterocycles. The van der Waals surface area contributed by atoms with Gasteiger partial charge in [-0.05, 0) is 35.3 Å². The van der Waals surface area contributed by atoms with E-state index >= 15 is 0 Å². The van der Waals surface area contributed by atoms with Gasteiger partial charge in [-0.15, -0.1) is 11.3 Å². The van der Waals surface area contributed by atoms with Gasteiger partial charge in [0.1, 0.15) is 0 Å². The average molecular weight is 323 g/mol. The van der Waals surface area contributed by atoms with Crippen LogP contribution in [0.2, 0.25) is 0 Å². The summed E-state index contributed by atoms with van der Waals surface area (Å²) in [7, 11) is 0. The minimum absolute atomic E-state index is 0.281. The molecule has 0 saturated heterocycles. The van der Waals surface area contributed by atoms with Crippen molar-refractivity contribution in [2.45, 2.75) is 111 Å². The Morgan fingerprint density at radius 3 is 1.82 bits per heavy atom. The highest BCUT2D eigenvalue weighted by Gasteiger charge is 2.25. The van der Waals surface area contributed by atoms with E-state index in [0.717, 1.165) is 0 Å². The van der Waals surface area contributed by atoms with Crippen LogP contribution in [0.25, 0.3) is 0 Å². The lowest BCUT2D eigenvalue weighted by molar-refractivity contribution is 0.575. The first-order chi connectivity index (χ1) is 10.2. The zero-order valence-corrected chi connectivity index (χ0v) is 17.0. The fourth-order valence-electron chi connectivity index (χ4n) is 2.89. The third-order valence-corrected chi connectivity index (χ3v) is 6.31. The maximum atomic E-state index is 2.50. The largest absolute Gasteiger partial charge is 0.144 e. The lowest BCUT2D eigenvalue weighted by atomic mass is 9.88. The highest BCUT2D eigenvalue weighted by atomic mass is 32.1. The maximum Gasteiger partial charge on any atom is 0.0134 e. The summed E-state index contributed by atoms with van der Waals surface area (Å²) in [6, 6.07) is 2.50. The zero-order chi connectivity index (χ0) is 16.8. The summed E-state index contributed by atoms with van der Waals surface area (Å²) in [5, 5.41) is 0. The molecule has 1 aromatic rings. The molecular formula is C21H38S. The van der Waals surface area contributed by atoms with Crippen LogP contribution in [0.4, 0.5) is 0 Å². The molecule has 0 radical (unpaired) electrons. The molecule has 0 N–H and O–H groups in total. The summed E-state index contributed by atoms with van der Waals surface area (Å²) in [5.74, 6) is 0. The van der Waals surface area contributed by atoms with Crippen LogP contribution >= 0.6 is 11.3 Å². The van der Waals surface area contributed by atoms with E-state index in [1.807, 2.05) is 11.3 Å². The number of aryl methyl sites for hydroxylation is 1. The molecule has 0 atom stereocenters. The molecule has 1 heteroatoms. The minimum Gasteiger partial charge on any atom is -0.144 e. The standard InChI is InChI=1S/C21H38S/c1-8-9-10-11-12-13-14-15-17-16-18(20(2,3)4)22-19(17)21(5,6)7/h16H,8-15H2,1-7H3. The van der Waals surface area contributed by atoms with Crippen LogP contribution in [-0.2, 0) is 17.3 Å². The van der Waals surface area contributed by atoms with Gasteiger partial charge < -0.3 is 0 Å². The lowest BCUT2D eigenvalue weighted by Gasteiger charge is -2.19. The molecular weight excluding hydrogens is 284 g/mol. The van der Waals surface area contributed by atoms with Crippen LogP contribution in [0, 0.1) is 0 Å². The van der Waals surface area contributed by atoms with Crippen LogP contribution in [-0.4, -0.2) is 0 Å². The van der Waals surface area contributed by atoms with Gasteiger partial charge in [-0.2, -0.15) is 0 Å². The van der Waals surface area contributed by atoms with E-state index in [9.17, 15) is 0 Å². The van der Waals surface area contributed by atoms with Crippen molar-refractivity contribution in [1.82, 2.24) is 0 Å². The molecule has 0 aliphatic carbocycles. The van der Waals surface area contributed by atoms with Crippen molar-refractivity contribution in [2.75, 3.05) is 0 Å². The number of thiophene rings is 1. The van der Waals surface area contributed by atoms with E-state index in [-0.39, 0.29) is 10.8 Å². The minimum atomic E-state index is 0.281. The molecule has 0 nitrogen and oxygen atoms in total. The van der Waals surface area contributed by atoms with E-state index < -0.39 is 0 Å². The molecule has 1 rings (SSSR count). The summed E-state index contributed by atoms with van der Waals surface area (Å²) in [4.78, 5) is 3.17. The lowest BCUT2D eigenvalue weighted by Crippen LogP contribution is -2.11. The smallest absolute Gasteiger partial charge is 0.0134 e. The highest BCUT2D eigenvalue weighted by molar-refractivity contribution is 7.12. The molecule has 0 aromatic carbocycles. The Kier molecular flexibility index (Phi) is 7.65. The van der Waals surface area contributed by atoms with Crippen LogP contribution in [0.1, 0.15) is 109 Å². The molecule has 0 fully saturated rings. The van der Waals surface area contributed by atoms with Gasteiger partial charge in [-0.1, -0.05) is 87.0 Å². The normalized spacial score (nSPS) is 12.9. The second-order valence-corrected chi connectivity index (χ2v) is 9.89. The monoisotopic (exact) mass is 322 g/mol. The number of hydrogen-bond acceptors (Lipinski definition) is 1. The van der Waals surface area contributed by atoms with Crippen molar-refractivity contribution in [2.24, 2.45) is 0 Å². The average Bonchev–Trinajstić information content (AvgIpc) is 2.81. The van der Waals surface area contributed by atoms with Gasteiger partial charge in [-0.25, -0.2) is 0 Å². The van der Waals surface area contributed by atoms with Crippen molar-refractivity contribution >= 4 is 11.3 Å². The van der Waals surface area contributed by atoms with E-state index in [0.29, 0.717) is 0 Å². The topological polar surface area (TPSA) is 0 Å². The first kappa shape index (κ1) is 19.7. The second-order valence-electron chi connectivity index (χ2n) is 8.84. The molecule has 0 amide bonds. The van der Waals surface area contributed by atoms with Gasteiger partial charge in [0.15, 0.2) is 0 Å². The summed E-state index contributed by atoms with van der Waals surface area (Å²) < 4.78 is 0. The molecule has 128 valence electrons. The Hall–Kier alpha value is -0.300. The second kappa shape index (κ2) is 8.52. The summed E-state index contributed by atoms with van der Waals surface area (Å²) in [6.07, 6.45) is 11.1. The quantitative estimate of drug-likeness (QED) is 0.431. The summed E-state index contributed by atoms with van der Waals surface area (Å²) in [6.45, 7) is 16.4. The molecule has 0 saturated carbocycles. The number of hydrogen-bond donors (Lipinski definition) is 0. The fraction of sp³-hybridized carbons (Fsp3) is 0.810. The Balaban J connectivity index is 2.59.